The fraction of sp³-hybridized carbons (Fsp3) is 0.227. The number of anilines is 1. The molecule has 0 aliphatic rings. The molecule has 2 aromatic carbocycles. The van der Waals surface area contributed by atoms with E-state index < -0.39 is 0 Å². The lowest BCUT2D eigenvalue weighted by molar-refractivity contribution is 0.415. The predicted octanol–water partition coefficient (Wildman–Crippen LogP) is 4.39. The molecule has 0 bridgehead atoms. The van der Waals surface area contributed by atoms with Crippen LogP contribution in [0.3, 0.4) is 0 Å². The number of ether oxygens (including phenoxy) is 1. The van der Waals surface area contributed by atoms with Crippen molar-refractivity contribution >= 4 is 28.7 Å². The standard InChI is InChI=1S/C22H25N3O/c1-25(2)14-13-23-22-15-18(10-9-17-7-5-4-6-8-17)24-21-12-11-19(26-3)16-20(21)22/h4-12,15-16H,13-14H2,1-3H3,(H,23,24)/b10-9+. The van der Waals surface area contributed by atoms with Crippen LogP contribution in [0.1, 0.15) is 11.3 Å². The van der Waals surface area contributed by atoms with Crippen LogP contribution >= 0.6 is 0 Å². The van der Waals surface area contributed by atoms with Crippen LogP contribution in [0.15, 0.2) is 54.6 Å². The van der Waals surface area contributed by atoms with Crippen LogP contribution < -0.4 is 10.1 Å². The lowest BCUT2D eigenvalue weighted by atomic mass is 10.1. The summed E-state index contributed by atoms with van der Waals surface area (Å²) in [5.74, 6) is 0.836. The number of nitrogens with one attached hydrogen (secondary N) is 1. The Morgan fingerprint density at radius 2 is 1.85 bits per heavy atom. The van der Waals surface area contributed by atoms with Crippen molar-refractivity contribution in [2.45, 2.75) is 0 Å². The van der Waals surface area contributed by atoms with Crippen LogP contribution in [0.2, 0.25) is 0 Å². The highest BCUT2D eigenvalue weighted by Gasteiger charge is 2.06. The second kappa shape index (κ2) is 8.50. The summed E-state index contributed by atoms with van der Waals surface area (Å²) in [5.41, 5.74) is 4.11. The molecule has 0 aliphatic carbocycles. The third-order valence-electron chi connectivity index (χ3n) is 4.16. The molecule has 26 heavy (non-hydrogen) atoms. The number of hydrogen-bond donors (Lipinski definition) is 1. The number of fused-ring (bicyclic) bond motifs is 1. The molecule has 0 spiro atoms. The maximum atomic E-state index is 5.38. The summed E-state index contributed by atoms with van der Waals surface area (Å²) in [6, 6.07) is 18.3. The largest absolute Gasteiger partial charge is 0.497 e. The molecule has 4 heteroatoms. The van der Waals surface area contributed by atoms with E-state index >= 15 is 0 Å². The Balaban J connectivity index is 1.95. The highest BCUT2D eigenvalue weighted by atomic mass is 16.5. The van der Waals surface area contributed by atoms with Crippen molar-refractivity contribution in [3.63, 3.8) is 0 Å². The zero-order valence-electron chi connectivity index (χ0n) is 15.6. The van der Waals surface area contributed by atoms with E-state index in [1.54, 1.807) is 7.11 Å². The molecule has 0 aliphatic heterocycles. The Morgan fingerprint density at radius 3 is 2.58 bits per heavy atom. The summed E-state index contributed by atoms with van der Waals surface area (Å²) in [6.45, 7) is 1.83. The van der Waals surface area contributed by atoms with Crippen molar-refractivity contribution < 1.29 is 4.74 Å². The highest BCUT2D eigenvalue weighted by molar-refractivity contribution is 5.93. The average Bonchev–Trinajstić information content (AvgIpc) is 2.66. The Labute approximate surface area is 155 Å². The number of nitrogens with zero attached hydrogens (tertiary/aromatic N) is 2. The Bertz CT molecular complexity index is 889. The number of pyridine rings is 1. The molecule has 1 N–H and O–H groups in total. The van der Waals surface area contributed by atoms with Gasteiger partial charge in [-0.1, -0.05) is 36.4 Å². The minimum Gasteiger partial charge on any atom is -0.497 e. The van der Waals surface area contributed by atoms with Gasteiger partial charge in [-0.25, -0.2) is 4.98 Å². The second-order valence-corrected chi connectivity index (χ2v) is 6.45. The number of benzene rings is 2. The quantitative estimate of drug-likeness (QED) is 0.688. The van der Waals surface area contributed by atoms with Crippen LogP contribution in [0.25, 0.3) is 23.1 Å². The van der Waals surface area contributed by atoms with E-state index in [0.717, 1.165) is 46.7 Å². The molecular formula is C22H25N3O. The SMILES string of the molecule is COc1ccc2nc(/C=C/c3ccccc3)cc(NCCN(C)C)c2c1. The summed E-state index contributed by atoms with van der Waals surface area (Å²) in [4.78, 5) is 6.94. The van der Waals surface area contributed by atoms with Gasteiger partial charge in [-0.05, 0) is 50.0 Å². The van der Waals surface area contributed by atoms with Crippen molar-refractivity contribution in [3.8, 4) is 5.75 Å². The van der Waals surface area contributed by atoms with E-state index in [2.05, 4.69) is 54.7 Å². The van der Waals surface area contributed by atoms with Gasteiger partial charge in [-0.2, -0.15) is 0 Å². The van der Waals surface area contributed by atoms with Crippen molar-refractivity contribution in [3.05, 3.63) is 65.9 Å². The molecule has 0 radical (unpaired) electrons. The lowest BCUT2D eigenvalue weighted by Crippen LogP contribution is -2.20. The van der Waals surface area contributed by atoms with Gasteiger partial charge >= 0.3 is 0 Å². The minimum atomic E-state index is 0.836. The van der Waals surface area contributed by atoms with E-state index in [0.29, 0.717) is 0 Å². The summed E-state index contributed by atoms with van der Waals surface area (Å²) >= 11 is 0. The first-order chi connectivity index (χ1) is 12.7. The number of methoxy groups -OCH3 is 1. The number of hydrogen-bond acceptors (Lipinski definition) is 4. The van der Waals surface area contributed by atoms with Crippen molar-refractivity contribution in [2.75, 3.05) is 39.6 Å². The molecule has 0 atom stereocenters. The van der Waals surface area contributed by atoms with Gasteiger partial charge in [0.2, 0.25) is 0 Å². The first kappa shape index (κ1) is 18.0. The predicted molar refractivity (Wildman–Crippen MR) is 111 cm³/mol. The van der Waals surface area contributed by atoms with E-state index in [1.807, 2.05) is 36.4 Å². The fourth-order valence-corrected chi connectivity index (χ4v) is 2.74. The monoisotopic (exact) mass is 347 g/mol. The summed E-state index contributed by atoms with van der Waals surface area (Å²) in [6.07, 6.45) is 4.14. The molecule has 0 saturated carbocycles. The van der Waals surface area contributed by atoms with Crippen molar-refractivity contribution in [2.24, 2.45) is 0 Å². The van der Waals surface area contributed by atoms with Gasteiger partial charge in [0.15, 0.2) is 0 Å². The van der Waals surface area contributed by atoms with Gasteiger partial charge in [0, 0.05) is 24.2 Å². The molecule has 0 unspecified atom stereocenters. The van der Waals surface area contributed by atoms with E-state index in [4.69, 9.17) is 9.72 Å². The summed E-state index contributed by atoms with van der Waals surface area (Å²) in [5, 5.41) is 4.61. The third-order valence-corrected chi connectivity index (χ3v) is 4.16. The van der Waals surface area contributed by atoms with Gasteiger partial charge < -0.3 is 15.0 Å². The zero-order chi connectivity index (χ0) is 18.4. The molecule has 3 aromatic rings. The molecule has 0 saturated heterocycles. The molecular weight excluding hydrogens is 322 g/mol. The van der Waals surface area contributed by atoms with Gasteiger partial charge in [-0.15, -0.1) is 0 Å². The number of aromatic nitrogens is 1. The van der Waals surface area contributed by atoms with E-state index in [9.17, 15) is 0 Å². The van der Waals surface area contributed by atoms with Gasteiger partial charge in [-0.3, -0.25) is 0 Å². The van der Waals surface area contributed by atoms with Crippen molar-refractivity contribution in [1.29, 1.82) is 0 Å². The molecule has 3 rings (SSSR count). The number of likely N-dealkylation sites (N-methyl/N-ethyl adjacent to an activating group) is 1. The van der Waals surface area contributed by atoms with Gasteiger partial charge in [0.05, 0.1) is 18.3 Å². The van der Waals surface area contributed by atoms with E-state index in [1.165, 1.54) is 0 Å². The normalized spacial score (nSPS) is 11.4. The molecule has 0 amide bonds. The Hall–Kier alpha value is -2.85. The minimum absolute atomic E-state index is 0.836. The topological polar surface area (TPSA) is 37.4 Å². The van der Waals surface area contributed by atoms with Crippen LogP contribution in [-0.2, 0) is 0 Å². The smallest absolute Gasteiger partial charge is 0.119 e. The lowest BCUT2D eigenvalue weighted by Gasteiger charge is -2.14. The molecule has 134 valence electrons. The van der Waals surface area contributed by atoms with Gasteiger partial charge in [0.25, 0.3) is 0 Å². The highest BCUT2D eigenvalue weighted by Crippen LogP contribution is 2.28. The average molecular weight is 347 g/mol. The van der Waals surface area contributed by atoms with Crippen LogP contribution in [-0.4, -0.2) is 44.2 Å². The summed E-state index contributed by atoms with van der Waals surface area (Å²) < 4.78 is 5.38. The maximum Gasteiger partial charge on any atom is 0.119 e. The van der Waals surface area contributed by atoms with Crippen LogP contribution in [0.4, 0.5) is 5.69 Å². The first-order valence-corrected chi connectivity index (χ1v) is 8.76. The van der Waals surface area contributed by atoms with E-state index in [-0.39, 0.29) is 0 Å². The molecule has 1 aromatic heterocycles. The molecule has 1 heterocycles. The Morgan fingerprint density at radius 1 is 1.04 bits per heavy atom. The molecule has 0 fully saturated rings. The first-order valence-electron chi connectivity index (χ1n) is 8.76. The number of rotatable bonds is 7. The van der Waals surface area contributed by atoms with Crippen LogP contribution in [0.5, 0.6) is 5.75 Å². The summed E-state index contributed by atoms with van der Waals surface area (Å²) in [7, 11) is 5.83. The maximum absolute atomic E-state index is 5.38. The van der Waals surface area contributed by atoms with Crippen molar-refractivity contribution in [1.82, 2.24) is 9.88 Å². The Kier molecular flexibility index (Phi) is 5.87. The second-order valence-electron chi connectivity index (χ2n) is 6.45. The third kappa shape index (κ3) is 4.61. The fourth-order valence-electron chi connectivity index (χ4n) is 2.74. The van der Waals surface area contributed by atoms with Crippen LogP contribution in [0, 0.1) is 0 Å². The van der Waals surface area contributed by atoms with Gasteiger partial charge in [0.1, 0.15) is 5.75 Å². The molecule has 4 nitrogen and oxygen atoms in total. The zero-order valence-corrected chi connectivity index (χ0v) is 15.6.